The van der Waals surface area contributed by atoms with Crippen molar-refractivity contribution in [3.05, 3.63) is 40.5 Å². The lowest BCUT2D eigenvalue weighted by Gasteiger charge is -2.42. The molecular weight excluding hydrogens is 563 g/mol. The molecule has 5 rings (SSSR count). The summed E-state index contributed by atoms with van der Waals surface area (Å²) in [6.07, 6.45) is -1.65. The molecule has 2 aromatic heterocycles. The van der Waals surface area contributed by atoms with Gasteiger partial charge in [-0.25, -0.2) is 15.0 Å². The number of rotatable bonds is 6. The first-order valence-electron chi connectivity index (χ1n) is 12.9. The van der Waals surface area contributed by atoms with E-state index in [0.29, 0.717) is 41.8 Å². The van der Waals surface area contributed by atoms with Crippen LogP contribution in [0.4, 0.5) is 18.3 Å². The van der Waals surface area contributed by atoms with Crippen molar-refractivity contribution in [3.63, 3.8) is 0 Å². The number of nitrogens with one attached hydrogen (secondary N) is 2. The first kappa shape index (κ1) is 28.6. The molecule has 2 aliphatic rings. The van der Waals surface area contributed by atoms with Crippen LogP contribution in [-0.2, 0) is 16.6 Å². The predicted octanol–water partition coefficient (Wildman–Crippen LogP) is 5.19. The van der Waals surface area contributed by atoms with Gasteiger partial charge in [0.2, 0.25) is 17.7 Å². The van der Waals surface area contributed by atoms with Crippen LogP contribution in [0.25, 0.3) is 11.3 Å². The van der Waals surface area contributed by atoms with Gasteiger partial charge >= 0.3 is 6.18 Å². The number of carbonyl (C=O) groups excluding carboxylic acids is 2. The molecule has 3 aromatic rings. The minimum Gasteiger partial charge on any atom is -0.481 e. The summed E-state index contributed by atoms with van der Waals surface area (Å²) >= 11 is 1.17. The zero-order valence-electron chi connectivity index (χ0n) is 22.7. The van der Waals surface area contributed by atoms with Crippen LogP contribution in [0.5, 0.6) is 17.5 Å². The predicted molar refractivity (Wildman–Crippen MR) is 143 cm³/mol. The molecule has 14 heteroatoms. The molecule has 1 aromatic carbocycles. The number of carbonyl (C=O) groups is 2. The van der Waals surface area contributed by atoms with Crippen LogP contribution in [0, 0.1) is 5.92 Å². The van der Waals surface area contributed by atoms with Gasteiger partial charge in [0, 0.05) is 17.5 Å². The maximum absolute atomic E-state index is 13.6. The number of fused-ring (bicyclic) bond motifs is 4. The highest BCUT2D eigenvalue weighted by atomic mass is 32.1. The van der Waals surface area contributed by atoms with Crippen LogP contribution in [0.2, 0.25) is 0 Å². The first-order chi connectivity index (χ1) is 19.5. The molecule has 10 nitrogen and oxygen atoms in total. The van der Waals surface area contributed by atoms with Crippen molar-refractivity contribution in [2.75, 3.05) is 19.5 Å². The van der Waals surface area contributed by atoms with Crippen LogP contribution >= 0.6 is 11.3 Å². The Hall–Kier alpha value is -3.94. The highest BCUT2D eigenvalue weighted by Gasteiger charge is 2.48. The zero-order valence-corrected chi connectivity index (χ0v) is 23.5. The lowest BCUT2D eigenvalue weighted by Crippen LogP contribution is -2.43. The van der Waals surface area contributed by atoms with E-state index in [1.807, 2.05) is 13.8 Å². The molecule has 1 saturated carbocycles. The quantitative estimate of drug-likeness (QED) is 0.401. The third kappa shape index (κ3) is 5.39. The summed E-state index contributed by atoms with van der Waals surface area (Å²) in [5.41, 5.74) is -1.08. The molecule has 0 saturated heterocycles. The lowest BCUT2D eigenvalue weighted by molar-refractivity contribution is -0.138. The number of anilines is 1. The number of hydrogen-bond acceptors (Lipinski definition) is 9. The van der Waals surface area contributed by atoms with Gasteiger partial charge in [-0.2, -0.15) is 13.2 Å². The second-order valence-corrected chi connectivity index (χ2v) is 11.2. The Morgan fingerprint density at radius 1 is 1.12 bits per heavy atom. The summed E-state index contributed by atoms with van der Waals surface area (Å²) in [5, 5.41) is 5.86. The van der Waals surface area contributed by atoms with Crippen LogP contribution < -0.4 is 24.8 Å². The molecule has 1 spiro atoms. The molecule has 0 bridgehead atoms. The smallest absolute Gasteiger partial charge is 0.416 e. The van der Waals surface area contributed by atoms with E-state index in [1.165, 1.54) is 38.0 Å². The van der Waals surface area contributed by atoms with Gasteiger partial charge in [0.15, 0.2) is 10.7 Å². The Bertz CT molecular complexity index is 1460. The second kappa shape index (κ2) is 10.8. The van der Waals surface area contributed by atoms with Crippen LogP contribution in [0.3, 0.4) is 0 Å². The van der Waals surface area contributed by atoms with Gasteiger partial charge in [-0.3, -0.25) is 14.9 Å². The highest BCUT2D eigenvalue weighted by molar-refractivity contribution is 7.16. The summed E-state index contributed by atoms with van der Waals surface area (Å²) < 4.78 is 57.5. The molecule has 1 aliphatic carbocycles. The van der Waals surface area contributed by atoms with Crippen molar-refractivity contribution in [2.45, 2.75) is 57.3 Å². The normalized spacial score (nSPS) is 19.7. The number of benzene rings is 1. The minimum atomic E-state index is -4.56. The monoisotopic (exact) mass is 591 g/mol. The van der Waals surface area contributed by atoms with Crippen molar-refractivity contribution in [1.82, 2.24) is 20.3 Å². The first-order valence-corrected chi connectivity index (χ1v) is 13.7. The number of thiazole rings is 1. The van der Waals surface area contributed by atoms with E-state index in [-0.39, 0.29) is 46.1 Å². The molecule has 1 aliphatic heterocycles. The summed E-state index contributed by atoms with van der Waals surface area (Å²) in [6, 6.07) is 3.27. The average molecular weight is 592 g/mol. The van der Waals surface area contributed by atoms with Crippen molar-refractivity contribution in [3.8, 4) is 28.8 Å². The van der Waals surface area contributed by atoms with E-state index in [1.54, 1.807) is 0 Å². The van der Waals surface area contributed by atoms with Gasteiger partial charge in [0.25, 0.3) is 5.91 Å². The number of nitrogens with zero attached hydrogens (tertiary/aromatic N) is 3. The molecule has 2 N–H and O–H groups in total. The average Bonchev–Trinajstić information content (AvgIpc) is 3.36. The molecule has 1 fully saturated rings. The lowest BCUT2D eigenvalue weighted by atomic mass is 9.75. The van der Waals surface area contributed by atoms with E-state index in [2.05, 4.69) is 25.6 Å². The number of alkyl halides is 3. The van der Waals surface area contributed by atoms with Gasteiger partial charge in [0.1, 0.15) is 17.7 Å². The molecule has 0 radical (unpaired) electrons. The molecule has 218 valence electrons. The van der Waals surface area contributed by atoms with Crippen molar-refractivity contribution in [1.29, 1.82) is 0 Å². The summed E-state index contributed by atoms with van der Waals surface area (Å²) in [5.74, 6) is -0.890. The van der Waals surface area contributed by atoms with Gasteiger partial charge in [-0.15, -0.1) is 0 Å². The van der Waals surface area contributed by atoms with E-state index >= 15 is 0 Å². The maximum atomic E-state index is 13.6. The van der Waals surface area contributed by atoms with Crippen molar-refractivity contribution < 1.29 is 37.0 Å². The van der Waals surface area contributed by atoms with Gasteiger partial charge in [-0.1, -0.05) is 11.3 Å². The number of halogens is 3. The Balaban J connectivity index is 1.52. The van der Waals surface area contributed by atoms with Crippen LogP contribution in [0.1, 0.15) is 60.3 Å². The summed E-state index contributed by atoms with van der Waals surface area (Å²) in [4.78, 5) is 39.2. The van der Waals surface area contributed by atoms with Gasteiger partial charge < -0.3 is 19.5 Å². The van der Waals surface area contributed by atoms with Crippen LogP contribution in [-0.4, -0.2) is 47.0 Å². The van der Waals surface area contributed by atoms with Gasteiger partial charge in [0.05, 0.1) is 30.4 Å². The van der Waals surface area contributed by atoms with E-state index in [4.69, 9.17) is 14.2 Å². The summed E-state index contributed by atoms with van der Waals surface area (Å²) in [7, 11) is 2.71. The molecule has 3 heterocycles. The fraction of sp³-hybridized carbons (Fsp3) is 0.444. The Morgan fingerprint density at radius 2 is 1.78 bits per heavy atom. The maximum Gasteiger partial charge on any atom is 0.416 e. The Labute approximate surface area is 237 Å². The zero-order chi connectivity index (χ0) is 29.5. The number of ether oxygens (including phenoxy) is 3. The largest absolute Gasteiger partial charge is 0.481 e. The standard InChI is InChI=1S/C27H28F3N5O5S/c1-13(2)33-21(36)14-7-9-26(10-8-14)20-19(16-6-5-15(27(28,29)30)11-17(16)40-26)34-25(41-20)35-22(37)18-23(38-3)31-12-32-24(18)39-4/h5-6,11-14H,7-10H2,1-4H3,(H,33,36)(H,34,35,37). The Morgan fingerprint density at radius 3 is 2.37 bits per heavy atom. The van der Waals surface area contributed by atoms with Crippen LogP contribution in [0.15, 0.2) is 24.5 Å². The van der Waals surface area contributed by atoms with E-state index < -0.39 is 23.2 Å². The SMILES string of the molecule is COc1ncnc(OC)c1C(=O)Nc1nc2c(s1)C1(CCC(C(=O)NC(C)C)CC1)Oc1cc(C(F)(F)F)ccc1-2. The number of amides is 2. The summed E-state index contributed by atoms with van der Waals surface area (Å²) in [6.45, 7) is 3.77. The second-order valence-electron chi connectivity index (χ2n) is 10.2. The Kier molecular flexibility index (Phi) is 7.53. The van der Waals surface area contributed by atoms with Gasteiger partial charge in [-0.05, 0) is 57.7 Å². The molecule has 0 atom stereocenters. The molecule has 41 heavy (non-hydrogen) atoms. The topological polar surface area (TPSA) is 125 Å². The molecule has 0 unspecified atom stereocenters. The number of methoxy groups -OCH3 is 2. The minimum absolute atomic E-state index is 0.00139. The third-order valence-electron chi connectivity index (χ3n) is 7.12. The fourth-order valence-electron chi connectivity index (χ4n) is 5.20. The molecular formula is C27H28F3N5O5S. The van der Waals surface area contributed by atoms with E-state index in [9.17, 15) is 22.8 Å². The van der Waals surface area contributed by atoms with Crippen molar-refractivity contribution in [2.24, 2.45) is 5.92 Å². The van der Waals surface area contributed by atoms with E-state index in [0.717, 1.165) is 12.1 Å². The van der Waals surface area contributed by atoms with Crippen molar-refractivity contribution >= 4 is 28.3 Å². The fourth-order valence-corrected chi connectivity index (χ4v) is 6.35. The molecule has 2 amide bonds. The third-order valence-corrected chi connectivity index (χ3v) is 8.27. The highest BCUT2D eigenvalue weighted by Crippen LogP contribution is 2.55. The number of aromatic nitrogens is 3. The number of hydrogen-bond donors (Lipinski definition) is 2.